The molecule has 0 aromatic heterocycles. The van der Waals surface area contributed by atoms with E-state index in [1.165, 1.54) is 5.56 Å². The number of carbonyl (C=O) groups is 2. The Kier molecular flexibility index (Phi) is 10.2. The molecule has 6 nitrogen and oxygen atoms in total. The third kappa shape index (κ3) is 7.93. The molecule has 3 N–H and O–H groups in total. The molecule has 0 fully saturated rings. The number of ether oxygens (including phenoxy) is 1. The zero-order valence-electron chi connectivity index (χ0n) is 21.9. The fourth-order valence-electron chi connectivity index (χ4n) is 5.00. The molecule has 1 heterocycles. The zero-order chi connectivity index (χ0) is 27.8. The number of nitrogens with zero attached hydrogens (tertiary/aromatic N) is 1. The van der Waals surface area contributed by atoms with E-state index < -0.39 is 11.9 Å². The van der Waals surface area contributed by atoms with Crippen molar-refractivity contribution >= 4 is 35.0 Å². The van der Waals surface area contributed by atoms with E-state index in [4.69, 9.17) is 33.7 Å². The first-order valence-corrected chi connectivity index (χ1v) is 13.7. The summed E-state index contributed by atoms with van der Waals surface area (Å²) in [7, 11) is 2.10. The van der Waals surface area contributed by atoms with E-state index >= 15 is 0 Å². The van der Waals surface area contributed by atoms with Gasteiger partial charge in [0.25, 0.3) is 0 Å². The highest BCUT2D eigenvalue weighted by Gasteiger charge is 2.32. The predicted octanol–water partition coefficient (Wildman–Crippen LogP) is 5.66. The van der Waals surface area contributed by atoms with Gasteiger partial charge in [-0.3, -0.25) is 14.5 Å². The van der Waals surface area contributed by atoms with Gasteiger partial charge in [-0.15, -0.1) is 0 Å². The maximum absolute atomic E-state index is 12.6. The summed E-state index contributed by atoms with van der Waals surface area (Å²) in [5, 5.41) is 4.12. The number of hydrogen-bond acceptors (Lipinski definition) is 4. The standard InChI is InChI=1S/C31H33Cl2N3O3/c1-36-28(22-10-13-25(32)14-11-22)15-12-24(30(36)23-8-5-9-26(33)19-23)20-39-17-16-29(37)35-27(31(34)38)18-21-6-3-2-4-7-21/h2-14,19,27-28,30H,15-18,20H2,1H3,(H2,34,38)(H,35,37)/t27-,28-,30-/m0/s1. The smallest absolute Gasteiger partial charge is 0.240 e. The van der Waals surface area contributed by atoms with Crippen LogP contribution in [0, 0.1) is 0 Å². The van der Waals surface area contributed by atoms with Gasteiger partial charge in [-0.05, 0) is 60.0 Å². The molecule has 8 heteroatoms. The Labute approximate surface area is 239 Å². The second-order valence-electron chi connectivity index (χ2n) is 9.72. The summed E-state index contributed by atoms with van der Waals surface area (Å²) in [6.07, 6.45) is 3.50. The maximum Gasteiger partial charge on any atom is 0.240 e. The molecule has 0 spiro atoms. The molecule has 1 aliphatic rings. The van der Waals surface area contributed by atoms with Crippen LogP contribution >= 0.6 is 23.2 Å². The Balaban J connectivity index is 1.38. The molecule has 2 amide bonds. The molecule has 0 aliphatic carbocycles. The number of nitrogens with one attached hydrogen (secondary N) is 1. The van der Waals surface area contributed by atoms with Crippen LogP contribution in [0.25, 0.3) is 0 Å². The molecule has 4 rings (SSSR count). The van der Waals surface area contributed by atoms with Gasteiger partial charge in [-0.25, -0.2) is 0 Å². The number of halogens is 2. The molecular weight excluding hydrogens is 533 g/mol. The van der Waals surface area contributed by atoms with Crippen LogP contribution in [0.2, 0.25) is 10.0 Å². The van der Waals surface area contributed by atoms with Gasteiger partial charge in [-0.1, -0.05) is 83.9 Å². The van der Waals surface area contributed by atoms with Crippen LogP contribution in [0.3, 0.4) is 0 Å². The first-order valence-electron chi connectivity index (χ1n) is 12.9. The van der Waals surface area contributed by atoms with Crippen LogP contribution < -0.4 is 11.1 Å². The highest BCUT2D eigenvalue weighted by Crippen LogP contribution is 2.41. The van der Waals surface area contributed by atoms with Crippen LogP contribution in [-0.4, -0.2) is 43.0 Å². The number of rotatable bonds is 11. The number of amides is 2. The number of nitrogens with two attached hydrogens (primary N) is 1. The van der Waals surface area contributed by atoms with Crippen molar-refractivity contribution < 1.29 is 14.3 Å². The van der Waals surface area contributed by atoms with Gasteiger partial charge in [0.2, 0.25) is 11.8 Å². The molecule has 204 valence electrons. The quantitative estimate of drug-likeness (QED) is 0.232. The van der Waals surface area contributed by atoms with E-state index in [0.29, 0.717) is 23.1 Å². The van der Waals surface area contributed by atoms with E-state index in [9.17, 15) is 9.59 Å². The fourth-order valence-corrected chi connectivity index (χ4v) is 5.32. The lowest BCUT2D eigenvalue weighted by Gasteiger charge is -2.40. The first kappa shape index (κ1) is 28.8. The van der Waals surface area contributed by atoms with E-state index in [-0.39, 0.29) is 31.0 Å². The molecular formula is C31H33Cl2N3O3. The Bertz CT molecular complexity index is 1300. The first-order chi connectivity index (χ1) is 18.8. The summed E-state index contributed by atoms with van der Waals surface area (Å²) in [6.45, 7) is 0.581. The second kappa shape index (κ2) is 13.8. The summed E-state index contributed by atoms with van der Waals surface area (Å²) < 4.78 is 5.97. The van der Waals surface area contributed by atoms with Crippen molar-refractivity contribution in [3.63, 3.8) is 0 Å². The molecule has 0 saturated carbocycles. The highest BCUT2D eigenvalue weighted by molar-refractivity contribution is 6.30. The van der Waals surface area contributed by atoms with Crippen molar-refractivity contribution in [2.45, 2.75) is 37.4 Å². The van der Waals surface area contributed by atoms with Crippen molar-refractivity contribution in [3.05, 3.63) is 117 Å². The second-order valence-corrected chi connectivity index (χ2v) is 10.6. The van der Waals surface area contributed by atoms with Gasteiger partial charge in [0.15, 0.2) is 0 Å². The number of carbonyl (C=O) groups excluding carboxylic acids is 2. The van der Waals surface area contributed by atoms with Crippen molar-refractivity contribution in [2.75, 3.05) is 20.3 Å². The van der Waals surface area contributed by atoms with Gasteiger partial charge < -0.3 is 15.8 Å². The molecule has 39 heavy (non-hydrogen) atoms. The third-order valence-corrected chi connectivity index (χ3v) is 7.46. The van der Waals surface area contributed by atoms with E-state index in [1.807, 2.05) is 60.7 Å². The predicted molar refractivity (Wildman–Crippen MR) is 156 cm³/mol. The summed E-state index contributed by atoms with van der Waals surface area (Å²) in [4.78, 5) is 26.8. The van der Waals surface area contributed by atoms with Crippen LogP contribution in [-0.2, 0) is 20.7 Å². The van der Waals surface area contributed by atoms with Crippen LogP contribution in [0.1, 0.15) is 41.6 Å². The van der Waals surface area contributed by atoms with Crippen LogP contribution in [0.5, 0.6) is 0 Å². The van der Waals surface area contributed by atoms with Crippen molar-refractivity contribution in [1.29, 1.82) is 0 Å². The molecule has 1 aliphatic heterocycles. The lowest BCUT2D eigenvalue weighted by Crippen LogP contribution is -2.46. The van der Waals surface area contributed by atoms with E-state index in [2.05, 4.69) is 41.5 Å². The van der Waals surface area contributed by atoms with Gasteiger partial charge in [-0.2, -0.15) is 0 Å². The zero-order valence-corrected chi connectivity index (χ0v) is 23.4. The Morgan fingerprint density at radius 2 is 1.74 bits per heavy atom. The number of likely N-dealkylation sites (N-methyl/N-ethyl adjacent to an activating group) is 1. The SMILES string of the molecule is CN1[C@@H](c2cccc(Cl)c2)C(COCCC(=O)N[C@@H](Cc2ccccc2)C(N)=O)=CC[C@H]1c1ccc(Cl)cc1. The molecule has 0 bridgehead atoms. The maximum atomic E-state index is 12.6. The molecule has 3 atom stereocenters. The molecule has 0 saturated heterocycles. The number of hydrogen-bond donors (Lipinski definition) is 2. The lowest BCUT2D eigenvalue weighted by atomic mass is 9.88. The molecule has 0 radical (unpaired) electrons. The Morgan fingerprint density at radius 3 is 2.44 bits per heavy atom. The third-order valence-electron chi connectivity index (χ3n) is 6.98. The Morgan fingerprint density at radius 1 is 1.00 bits per heavy atom. The largest absolute Gasteiger partial charge is 0.377 e. The lowest BCUT2D eigenvalue weighted by molar-refractivity contribution is -0.128. The number of benzene rings is 3. The van der Waals surface area contributed by atoms with Gasteiger partial charge >= 0.3 is 0 Å². The highest BCUT2D eigenvalue weighted by atomic mass is 35.5. The summed E-state index contributed by atoms with van der Waals surface area (Å²) in [5.41, 5.74) is 9.81. The molecule has 0 unspecified atom stereocenters. The minimum Gasteiger partial charge on any atom is -0.377 e. The summed E-state index contributed by atoms with van der Waals surface area (Å²) in [5.74, 6) is -0.846. The van der Waals surface area contributed by atoms with Gasteiger partial charge in [0.1, 0.15) is 6.04 Å². The Hall–Kier alpha value is -3.16. The van der Waals surface area contributed by atoms with Crippen molar-refractivity contribution in [3.8, 4) is 0 Å². The average Bonchev–Trinajstić information content (AvgIpc) is 2.92. The topological polar surface area (TPSA) is 84.7 Å². The van der Waals surface area contributed by atoms with Crippen LogP contribution in [0.4, 0.5) is 0 Å². The summed E-state index contributed by atoms with van der Waals surface area (Å²) in [6, 6.07) is 24.6. The minimum atomic E-state index is -0.772. The molecule has 3 aromatic carbocycles. The normalized spacial score (nSPS) is 18.3. The van der Waals surface area contributed by atoms with Gasteiger partial charge in [0.05, 0.1) is 19.3 Å². The monoisotopic (exact) mass is 565 g/mol. The van der Waals surface area contributed by atoms with Gasteiger partial charge in [0, 0.05) is 28.9 Å². The molecule has 3 aromatic rings. The van der Waals surface area contributed by atoms with Crippen molar-refractivity contribution in [2.24, 2.45) is 5.73 Å². The van der Waals surface area contributed by atoms with Crippen molar-refractivity contribution in [1.82, 2.24) is 10.2 Å². The summed E-state index contributed by atoms with van der Waals surface area (Å²) >= 11 is 12.5. The average molecular weight is 567 g/mol. The fraction of sp³-hybridized carbons (Fsp3) is 0.290. The van der Waals surface area contributed by atoms with Crippen LogP contribution in [0.15, 0.2) is 90.5 Å². The van der Waals surface area contributed by atoms with E-state index in [1.54, 1.807) is 0 Å². The minimum absolute atomic E-state index is 0.0444. The van der Waals surface area contributed by atoms with E-state index in [0.717, 1.165) is 23.1 Å². The number of primary amides is 1.